The Hall–Kier alpha value is 1.49. The fraction of sp³-hybridized carbons (Fsp3) is 0.250. The molecule has 0 aromatic carbocycles. The van der Waals surface area contributed by atoms with Crippen molar-refractivity contribution >= 4 is 60.8 Å². The Morgan fingerprint density at radius 1 is 1.30 bits per heavy atom. The molecule has 0 heterocycles. The van der Waals surface area contributed by atoms with Crippen LogP contribution in [0.3, 0.4) is 0 Å². The van der Waals surface area contributed by atoms with Gasteiger partial charge in [0.05, 0.1) is 0 Å². The van der Waals surface area contributed by atoms with E-state index in [0.717, 1.165) is 6.92 Å². The zero-order valence-corrected chi connectivity index (χ0v) is 12.9. The molecule has 0 aliphatic heterocycles. The van der Waals surface area contributed by atoms with Crippen molar-refractivity contribution in [3.05, 3.63) is 6.92 Å². The van der Waals surface area contributed by atoms with Gasteiger partial charge in [0.2, 0.25) is 0 Å². The van der Waals surface area contributed by atoms with Crippen LogP contribution < -0.4 is 10.2 Å². The monoisotopic (exact) mass is 344 g/mol. The van der Waals surface area contributed by atoms with Crippen LogP contribution in [0.4, 0.5) is 0 Å². The Morgan fingerprint density at radius 2 is 1.30 bits per heavy atom. The van der Waals surface area contributed by atoms with Crippen molar-refractivity contribution in [1.29, 1.82) is 0 Å². The summed E-state index contributed by atoms with van der Waals surface area (Å²) >= 11 is 0. The quantitative estimate of drug-likeness (QED) is 0.346. The number of carbonyl (C=O) groups excluding carboxylic acids is 2. The maximum Gasteiger partial charge on any atom is 2.00 e. The van der Waals surface area contributed by atoms with Gasteiger partial charge in [0.15, 0.2) is 0 Å². The molecule has 0 bridgehead atoms. The molecule has 51 valence electrons. The third kappa shape index (κ3) is 310. The van der Waals surface area contributed by atoms with Crippen LogP contribution in [0.25, 0.3) is 0 Å². The summed E-state index contributed by atoms with van der Waals surface area (Å²) in [6, 6.07) is 0. The van der Waals surface area contributed by atoms with E-state index in [1.54, 1.807) is 0 Å². The number of rotatable bonds is 0. The van der Waals surface area contributed by atoms with E-state index in [9.17, 15) is 0 Å². The smallest absolute Gasteiger partial charge is 0.584 e. The zero-order chi connectivity index (χ0) is 7.15. The SMILES string of the molecule is CC(=O)[O-].[Ba+2].[CH2-]C(=O)[O-].[Y]. The molecule has 0 rings (SSSR count). The van der Waals surface area contributed by atoms with Crippen molar-refractivity contribution in [3.63, 3.8) is 0 Å². The van der Waals surface area contributed by atoms with Crippen LogP contribution in [0.1, 0.15) is 6.92 Å². The molecule has 0 atom stereocenters. The average molecular weight is 343 g/mol. The van der Waals surface area contributed by atoms with E-state index in [0.29, 0.717) is 0 Å². The van der Waals surface area contributed by atoms with Gasteiger partial charge in [0.1, 0.15) is 0 Å². The van der Waals surface area contributed by atoms with Gasteiger partial charge in [0, 0.05) is 38.7 Å². The van der Waals surface area contributed by atoms with Crippen molar-refractivity contribution in [1.82, 2.24) is 0 Å². The second kappa shape index (κ2) is 16.8. The first kappa shape index (κ1) is 22.5. The molecule has 6 heteroatoms. The summed E-state index contributed by atoms with van der Waals surface area (Å²) in [6.45, 7) is 3.42. The summed E-state index contributed by atoms with van der Waals surface area (Å²) in [4.78, 5) is 17.7. The van der Waals surface area contributed by atoms with E-state index >= 15 is 0 Å². The Balaban J connectivity index is -0.0000000300. The maximum atomic E-state index is 8.89. The maximum absolute atomic E-state index is 8.89. The average Bonchev–Trinajstić information content (AvgIpc) is 1.25. The number of hydrogen-bond donors (Lipinski definition) is 0. The van der Waals surface area contributed by atoms with Crippen molar-refractivity contribution < 1.29 is 52.5 Å². The Kier molecular flexibility index (Phi) is 37.9. The molecule has 0 aliphatic carbocycles. The van der Waals surface area contributed by atoms with Crippen LogP contribution in [0.15, 0.2) is 0 Å². The minimum absolute atomic E-state index is 0. The molecular formula is C4H5BaO4Y-. The minimum atomic E-state index is -1.33. The summed E-state index contributed by atoms with van der Waals surface area (Å²) in [5.74, 6) is -2.42. The van der Waals surface area contributed by atoms with Gasteiger partial charge >= 0.3 is 48.9 Å². The summed E-state index contributed by atoms with van der Waals surface area (Å²) in [7, 11) is 0. The van der Waals surface area contributed by atoms with Gasteiger partial charge in [-0.3, -0.25) is 0 Å². The predicted molar refractivity (Wildman–Crippen MR) is 26.8 cm³/mol. The third-order valence-corrected chi connectivity index (χ3v) is 0. The fourth-order valence-corrected chi connectivity index (χ4v) is 0. The molecule has 0 aromatic rings. The topological polar surface area (TPSA) is 80.3 Å². The first-order chi connectivity index (χ1) is 3.46. The number of carboxylic acid groups (broad SMARTS) is 2. The van der Waals surface area contributed by atoms with Crippen LogP contribution >= 0.6 is 0 Å². The van der Waals surface area contributed by atoms with Gasteiger partial charge in [0.25, 0.3) is 0 Å². The minimum Gasteiger partial charge on any atom is -0.584 e. The molecule has 0 saturated carbocycles. The van der Waals surface area contributed by atoms with Crippen LogP contribution in [0.5, 0.6) is 0 Å². The van der Waals surface area contributed by atoms with Gasteiger partial charge in [-0.2, -0.15) is 0 Å². The van der Waals surface area contributed by atoms with E-state index in [1.165, 1.54) is 0 Å². The number of carbonyl (C=O) groups is 2. The summed E-state index contributed by atoms with van der Waals surface area (Å²) in [5.41, 5.74) is 0. The predicted octanol–water partition coefficient (Wildman–Crippen LogP) is -3.06. The van der Waals surface area contributed by atoms with Gasteiger partial charge in [-0.25, -0.2) is 0 Å². The molecule has 4 nitrogen and oxygen atoms in total. The summed E-state index contributed by atoms with van der Waals surface area (Å²) < 4.78 is 0. The molecule has 10 heavy (non-hydrogen) atoms. The first-order valence-corrected chi connectivity index (χ1v) is 1.67. The van der Waals surface area contributed by atoms with Gasteiger partial charge in [-0.15, -0.1) is 5.97 Å². The molecule has 0 amide bonds. The van der Waals surface area contributed by atoms with Crippen LogP contribution in [-0.4, -0.2) is 60.8 Å². The fourth-order valence-electron chi connectivity index (χ4n) is 0. The Morgan fingerprint density at radius 3 is 1.30 bits per heavy atom. The number of aliphatic carboxylic acids is 2. The van der Waals surface area contributed by atoms with Gasteiger partial charge < -0.3 is 26.7 Å². The van der Waals surface area contributed by atoms with Crippen molar-refractivity contribution in [2.24, 2.45) is 0 Å². The largest absolute Gasteiger partial charge is 2.00 e. The summed E-state index contributed by atoms with van der Waals surface area (Å²) in [5, 5.41) is 17.7. The number of carboxylic acids is 2. The van der Waals surface area contributed by atoms with E-state index < -0.39 is 11.9 Å². The molecule has 0 aromatic heterocycles. The normalized spacial score (nSPS) is 4.90. The second-order valence-electron chi connectivity index (χ2n) is 0.864. The Bertz CT molecular complexity index is 75.3. The van der Waals surface area contributed by atoms with Crippen LogP contribution in [0, 0.1) is 6.92 Å². The molecule has 1 radical (unpaired) electrons. The molecule has 0 saturated heterocycles. The van der Waals surface area contributed by atoms with Crippen LogP contribution in [0.2, 0.25) is 0 Å². The van der Waals surface area contributed by atoms with Crippen molar-refractivity contribution in [2.45, 2.75) is 6.92 Å². The van der Waals surface area contributed by atoms with Gasteiger partial charge in [-0.1, -0.05) is 0 Å². The zero-order valence-electron chi connectivity index (χ0n) is 5.62. The van der Waals surface area contributed by atoms with E-state index in [2.05, 4.69) is 6.92 Å². The summed E-state index contributed by atoms with van der Waals surface area (Å²) in [6.07, 6.45) is 0. The van der Waals surface area contributed by atoms with Crippen molar-refractivity contribution in [3.8, 4) is 0 Å². The van der Waals surface area contributed by atoms with Crippen LogP contribution in [-0.2, 0) is 42.3 Å². The molecular weight excluding hydrogens is 338 g/mol. The Labute approximate surface area is 125 Å². The number of hydrogen-bond acceptors (Lipinski definition) is 4. The third-order valence-electron chi connectivity index (χ3n) is 0. The second-order valence-corrected chi connectivity index (χ2v) is 0.864. The van der Waals surface area contributed by atoms with Crippen molar-refractivity contribution in [2.75, 3.05) is 0 Å². The molecule has 0 N–H and O–H groups in total. The van der Waals surface area contributed by atoms with E-state index in [1.807, 2.05) is 0 Å². The molecule has 0 fully saturated rings. The van der Waals surface area contributed by atoms with E-state index in [4.69, 9.17) is 19.8 Å². The molecule has 0 unspecified atom stereocenters. The van der Waals surface area contributed by atoms with E-state index in [-0.39, 0.29) is 81.6 Å². The molecule has 0 aliphatic rings. The standard InChI is InChI=1S/C2H4O2.C2H3O2.Ba.Y/c2*1-2(3)4;;/h1H3,(H,3,4);1H2,(H,3,4);;/q;-1;+2;/p-2. The molecule has 0 spiro atoms. The first-order valence-electron chi connectivity index (χ1n) is 1.67. The van der Waals surface area contributed by atoms with Gasteiger partial charge in [-0.05, 0) is 6.92 Å².